The second-order valence-corrected chi connectivity index (χ2v) is 9.80. The fourth-order valence-corrected chi connectivity index (χ4v) is 5.53. The standard InChI is InChI=1S/C18H23NO6S/c1-24-18(11-25-12-18)26(22,23)13-2-3-14(16(20)21)15(10-13)19-8-6-17(4-5-17)7-9-19/h2-3,10H,4-9,11-12H2,1H3,(H,20,21). The summed E-state index contributed by atoms with van der Waals surface area (Å²) in [6.45, 7) is 1.47. The number of piperidine rings is 1. The number of sulfone groups is 1. The molecule has 0 amide bonds. The summed E-state index contributed by atoms with van der Waals surface area (Å²) in [6, 6.07) is 4.23. The summed E-state index contributed by atoms with van der Waals surface area (Å²) in [4.78, 5) is 12.4. The first-order chi connectivity index (χ1) is 12.3. The lowest BCUT2D eigenvalue weighted by molar-refractivity contribution is -0.143. The second-order valence-electron chi connectivity index (χ2n) is 7.58. The van der Waals surface area contributed by atoms with E-state index in [0.29, 0.717) is 11.1 Å². The van der Waals surface area contributed by atoms with Crippen LogP contribution in [-0.4, -0.2) is 57.8 Å². The molecule has 0 bridgehead atoms. The zero-order valence-corrected chi connectivity index (χ0v) is 15.5. The first-order valence-electron chi connectivity index (χ1n) is 8.82. The SMILES string of the molecule is COC1(S(=O)(=O)c2ccc(C(=O)O)c(N3CCC4(CC3)CC4)c2)COC1. The van der Waals surface area contributed by atoms with Gasteiger partial charge in [-0.05, 0) is 49.3 Å². The molecule has 2 aliphatic heterocycles. The highest BCUT2D eigenvalue weighted by atomic mass is 32.2. The minimum absolute atomic E-state index is 0.0198. The van der Waals surface area contributed by atoms with E-state index in [1.807, 2.05) is 4.90 Å². The number of hydrogen-bond donors (Lipinski definition) is 1. The molecule has 0 atom stereocenters. The van der Waals surface area contributed by atoms with Crippen molar-refractivity contribution in [1.82, 2.24) is 0 Å². The molecule has 7 nitrogen and oxygen atoms in total. The van der Waals surface area contributed by atoms with E-state index in [1.165, 1.54) is 38.2 Å². The number of carbonyl (C=O) groups is 1. The molecule has 1 aromatic rings. The van der Waals surface area contributed by atoms with Crippen LogP contribution in [-0.2, 0) is 19.3 Å². The normalized spacial score (nSPS) is 23.5. The Morgan fingerprint density at radius 2 is 1.85 bits per heavy atom. The fourth-order valence-electron chi connectivity index (χ4n) is 3.89. The molecule has 26 heavy (non-hydrogen) atoms. The number of aromatic carboxylic acids is 1. The van der Waals surface area contributed by atoms with Gasteiger partial charge in [-0.25, -0.2) is 13.2 Å². The lowest BCUT2D eigenvalue weighted by atomic mass is 9.93. The number of methoxy groups -OCH3 is 1. The van der Waals surface area contributed by atoms with E-state index in [2.05, 4.69) is 0 Å². The van der Waals surface area contributed by atoms with Gasteiger partial charge in [-0.1, -0.05) is 0 Å². The zero-order chi connectivity index (χ0) is 18.6. The number of anilines is 1. The molecule has 2 heterocycles. The van der Waals surface area contributed by atoms with Crippen LogP contribution in [0.15, 0.2) is 23.1 Å². The third-order valence-electron chi connectivity index (χ3n) is 6.14. The molecule has 8 heteroatoms. The highest BCUT2D eigenvalue weighted by molar-refractivity contribution is 7.92. The molecule has 1 aliphatic carbocycles. The zero-order valence-electron chi connectivity index (χ0n) is 14.7. The number of rotatable bonds is 5. The quantitative estimate of drug-likeness (QED) is 0.833. The molecular formula is C18H23NO6S. The van der Waals surface area contributed by atoms with Crippen LogP contribution in [0.5, 0.6) is 0 Å². The highest BCUT2D eigenvalue weighted by Crippen LogP contribution is 2.54. The van der Waals surface area contributed by atoms with Crippen molar-refractivity contribution < 1.29 is 27.8 Å². The summed E-state index contributed by atoms with van der Waals surface area (Å²) < 4.78 is 36.4. The van der Waals surface area contributed by atoms with Gasteiger partial charge in [0.2, 0.25) is 14.8 Å². The number of ether oxygens (including phenoxy) is 2. The van der Waals surface area contributed by atoms with E-state index in [4.69, 9.17) is 9.47 Å². The predicted octanol–water partition coefficient (Wildman–Crippen LogP) is 1.91. The minimum Gasteiger partial charge on any atom is -0.478 e. The first-order valence-corrected chi connectivity index (χ1v) is 10.3. The van der Waals surface area contributed by atoms with Gasteiger partial charge in [-0.2, -0.15) is 0 Å². The van der Waals surface area contributed by atoms with E-state index in [9.17, 15) is 18.3 Å². The third kappa shape index (κ3) is 2.62. The Morgan fingerprint density at radius 3 is 2.31 bits per heavy atom. The van der Waals surface area contributed by atoms with E-state index in [1.54, 1.807) is 0 Å². The van der Waals surface area contributed by atoms with Crippen LogP contribution in [0.1, 0.15) is 36.0 Å². The number of carboxylic acids is 1. The van der Waals surface area contributed by atoms with Crippen LogP contribution < -0.4 is 4.90 Å². The van der Waals surface area contributed by atoms with Crippen LogP contribution in [0.4, 0.5) is 5.69 Å². The second kappa shape index (κ2) is 5.94. The summed E-state index contributed by atoms with van der Waals surface area (Å²) in [5.74, 6) is -1.05. The molecular weight excluding hydrogens is 358 g/mol. The Labute approximate surface area is 152 Å². The number of nitrogens with zero attached hydrogens (tertiary/aromatic N) is 1. The third-order valence-corrected chi connectivity index (χ3v) is 8.39. The molecule has 1 aromatic carbocycles. The number of carboxylic acid groups (broad SMARTS) is 1. The Hall–Kier alpha value is -1.64. The maximum absolute atomic E-state index is 13.0. The van der Waals surface area contributed by atoms with Gasteiger partial charge in [-0.3, -0.25) is 0 Å². The van der Waals surface area contributed by atoms with Crippen molar-refractivity contribution in [1.29, 1.82) is 0 Å². The van der Waals surface area contributed by atoms with Crippen molar-refractivity contribution in [2.75, 3.05) is 38.3 Å². The van der Waals surface area contributed by atoms with Gasteiger partial charge in [0.15, 0.2) is 0 Å². The molecule has 0 unspecified atom stereocenters. The van der Waals surface area contributed by atoms with Crippen molar-refractivity contribution in [2.24, 2.45) is 5.41 Å². The van der Waals surface area contributed by atoms with E-state index >= 15 is 0 Å². The van der Waals surface area contributed by atoms with Crippen molar-refractivity contribution in [3.05, 3.63) is 23.8 Å². The molecule has 1 N–H and O–H groups in total. The van der Waals surface area contributed by atoms with Gasteiger partial charge >= 0.3 is 5.97 Å². The van der Waals surface area contributed by atoms with Crippen molar-refractivity contribution in [3.63, 3.8) is 0 Å². The number of benzene rings is 1. The lowest BCUT2D eigenvalue weighted by Crippen LogP contribution is -2.57. The van der Waals surface area contributed by atoms with Crippen LogP contribution in [0, 0.1) is 5.41 Å². The summed E-state index contributed by atoms with van der Waals surface area (Å²) in [6.07, 6.45) is 4.55. The molecule has 1 saturated carbocycles. The average molecular weight is 381 g/mol. The summed E-state index contributed by atoms with van der Waals surface area (Å²) >= 11 is 0. The fraction of sp³-hybridized carbons (Fsp3) is 0.611. The van der Waals surface area contributed by atoms with Crippen molar-refractivity contribution in [2.45, 2.75) is 35.5 Å². The first kappa shape index (κ1) is 17.8. The van der Waals surface area contributed by atoms with Crippen LogP contribution in [0.25, 0.3) is 0 Å². The largest absolute Gasteiger partial charge is 0.478 e. The summed E-state index contributed by atoms with van der Waals surface area (Å²) in [5.41, 5.74) is 1.06. The van der Waals surface area contributed by atoms with Gasteiger partial charge in [-0.15, -0.1) is 0 Å². The van der Waals surface area contributed by atoms with Gasteiger partial charge < -0.3 is 19.5 Å². The van der Waals surface area contributed by atoms with Gasteiger partial charge in [0, 0.05) is 20.2 Å². The Bertz CT molecular complexity index is 826. The molecule has 3 aliphatic rings. The summed E-state index contributed by atoms with van der Waals surface area (Å²) in [7, 11) is -2.44. The molecule has 3 fully saturated rings. The van der Waals surface area contributed by atoms with E-state index in [0.717, 1.165) is 25.9 Å². The molecule has 2 saturated heterocycles. The highest BCUT2D eigenvalue weighted by Gasteiger charge is 2.52. The maximum Gasteiger partial charge on any atom is 0.337 e. The van der Waals surface area contributed by atoms with E-state index in [-0.39, 0.29) is 23.7 Å². The van der Waals surface area contributed by atoms with Crippen LogP contribution >= 0.6 is 0 Å². The van der Waals surface area contributed by atoms with Crippen LogP contribution in [0.3, 0.4) is 0 Å². The van der Waals surface area contributed by atoms with Crippen molar-refractivity contribution in [3.8, 4) is 0 Å². The molecule has 0 aromatic heterocycles. The predicted molar refractivity (Wildman–Crippen MR) is 94.3 cm³/mol. The van der Waals surface area contributed by atoms with E-state index < -0.39 is 20.7 Å². The molecule has 4 rings (SSSR count). The van der Waals surface area contributed by atoms with Gasteiger partial charge in [0.1, 0.15) is 0 Å². The minimum atomic E-state index is -3.79. The van der Waals surface area contributed by atoms with Gasteiger partial charge in [0.25, 0.3) is 0 Å². The summed E-state index contributed by atoms with van der Waals surface area (Å²) in [5, 5.41) is 9.55. The smallest absolute Gasteiger partial charge is 0.337 e. The Balaban J connectivity index is 1.70. The molecule has 1 spiro atoms. The molecule has 142 valence electrons. The Morgan fingerprint density at radius 1 is 1.19 bits per heavy atom. The topological polar surface area (TPSA) is 93.1 Å². The average Bonchev–Trinajstić information content (AvgIpc) is 3.33. The maximum atomic E-state index is 13.0. The monoisotopic (exact) mass is 381 g/mol. The van der Waals surface area contributed by atoms with Crippen LogP contribution in [0.2, 0.25) is 0 Å². The van der Waals surface area contributed by atoms with Gasteiger partial charge in [0.05, 0.1) is 29.4 Å². The Kier molecular flexibility index (Phi) is 4.05. The lowest BCUT2D eigenvalue weighted by Gasteiger charge is -2.39. The molecule has 0 radical (unpaired) electrons. The van der Waals surface area contributed by atoms with Crippen molar-refractivity contribution >= 4 is 21.5 Å². The number of hydrogen-bond acceptors (Lipinski definition) is 6.